The minimum atomic E-state index is -4.52. The zero-order valence-corrected chi connectivity index (χ0v) is 8.75. The van der Waals surface area contributed by atoms with E-state index in [4.69, 9.17) is 9.79 Å². The molecule has 0 aliphatic carbocycles. The van der Waals surface area contributed by atoms with E-state index in [0.29, 0.717) is 0 Å². The van der Waals surface area contributed by atoms with E-state index in [0.717, 1.165) is 18.4 Å². The van der Waals surface area contributed by atoms with Crippen LogP contribution in [0.2, 0.25) is 0 Å². The normalized spacial score (nSPS) is 11.1. The average molecular weight is 206 g/mol. The van der Waals surface area contributed by atoms with Gasteiger partial charge in [-0.3, -0.25) is 9.36 Å². The van der Waals surface area contributed by atoms with Crippen molar-refractivity contribution in [3.05, 3.63) is 11.6 Å². The summed E-state index contributed by atoms with van der Waals surface area (Å²) in [5.74, 6) is 0. The summed E-state index contributed by atoms with van der Waals surface area (Å²) >= 11 is 0. The summed E-state index contributed by atoms with van der Waals surface area (Å²) < 4.78 is 10.4. The Labute approximate surface area is 77.8 Å². The summed E-state index contributed by atoms with van der Waals surface area (Å²) in [7, 11) is -4.52. The van der Waals surface area contributed by atoms with Crippen LogP contribution in [0.5, 0.6) is 0 Å². The zero-order valence-electron chi connectivity index (χ0n) is 7.86. The van der Waals surface area contributed by atoms with Crippen LogP contribution in [0, 0.1) is 0 Å². The summed E-state index contributed by atoms with van der Waals surface area (Å²) in [6.07, 6.45) is 3.05. The Morgan fingerprint density at radius 2 is 1.77 bits per heavy atom. The van der Waals surface area contributed by atoms with E-state index < -0.39 is 13.1 Å². The molecule has 0 spiro atoms. The molecule has 2 N–H and O–H groups in total. The van der Waals surface area contributed by atoms with E-state index in [-0.39, 0.29) is 6.42 Å². The lowest BCUT2D eigenvalue weighted by Crippen LogP contribution is -1.97. The SMILES string of the molecule is CCC(=CCC(=O)P(=O)(O)O)CC. The number of rotatable bonds is 5. The monoisotopic (exact) mass is 206 g/mol. The molecule has 0 aromatic heterocycles. The van der Waals surface area contributed by atoms with Gasteiger partial charge >= 0.3 is 7.60 Å². The molecule has 0 aromatic rings. The van der Waals surface area contributed by atoms with Crippen LogP contribution >= 0.6 is 7.60 Å². The van der Waals surface area contributed by atoms with Gasteiger partial charge in [0.1, 0.15) is 0 Å². The van der Waals surface area contributed by atoms with Crippen LogP contribution in [0.1, 0.15) is 33.1 Å². The highest BCUT2D eigenvalue weighted by atomic mass is 31.2. The molecule has 0 unspecified atom stereocenters. The number of carbonyl (C=O) groups is 1. The van der Waals surface area contributed by atoms with Crippen molar-refractivity contribution < 1.29 is 19.1 Å². The fraction of sp³-hybridized carbons (Fsp3) is 0.625. The van der Waals surface area contributed by atoms with E-state index in [9.17, 15) is 9.36 Å². The molecule has 0 aromatic carbocycles. The first kappa shape index (κ1) is 12.6. The maximum absolute atomic E-state index is 10.8. The Kier molecular flexibility index (Phi) is 5.14. The first-order valence-electron chi connectivity index (χ1n) is 4.18. The van der Waals surface area contributed by atoms with E-state index >= 15 is 0 Å². The molecule has 5 heteroatoms. The van der Waals surface area contributed by atoms with Crippen molar-refractivity contribution in [2.45, 2.75) is 33.1 Å². The largest absolute Gasteiger partial charge is 0.391 e. The highest BCUT2D eigenvalue weighted by molar-refractivity contribution is 7.70. The Hall–Kier alpha value is -0.440. The van der Waals surface area contributed by atoms with Crippen molar-refractivity contribution >= 4 is 13.1 Å². The Balaban J connectivity index is 4.24. The van der Waals surface area contributed by atoms with Gasteiger partial charge in [-0.1, -0.05) is 25.5 Å². The molecule has 76 valence electrons. The molecule has 0 aliphatic heterocycles. The van der Waals surface area contributed by atoms with Crippen LogP contribution in [0.15, 0.2) is 11.6 Å². The van der Waals surface area contributed by atoms with Crippen LogP contribution < -0.4 is 0 Å². The molecule has 0 amide bonds. The van der Waals surface area contributed by atoms with Crippen LogP contribution in [-0.4, -0.2) is 15.3 Å². The standard InChI is InChI=1S/C8H15O4P/c1-3-7(4-2)5-6-8(9)13(10,11)12/h5H,3-4,6H2,1-2H3,(H2,10,11,12). The molecule has 0 saturated heterocycles. The maximum Gasteiger partial charge on any atom is 0.391 e. The summed E-state index contributed by atoms with van der Waals surface area (Å²) in [5.41, 5.74) is 0.0358. The van der Waals surface area contributed by atoms with Crippen molar-refractivity contribution in [3.8, 4) is 0 Å². The number of carbonyl (C=O) groups excluding carboxylic acids is 1. The first-order chi connectivity index (χ1) is 5.91. The van der Waals surface area contributed by atoms with Crippen molar-refractivity contribution in [1.82, 2.24) is 0 Å². The van der Waals surface area contributed by atoms with Gasteiger partial charge in [-0.05, 0) is 12.8 Å². The lowest BCUT2D eigenvalue weighted by Gasteiger charge is -2.01. The van der Waals surface area contributed by atoms with Gasteiger partial charge in [0, 0.05) is 6.42 Å². The average Bonchev–Trinajstić information content (AvgIpc) is 2.04. The Bertz CT molecular complexity index is 245. The smallest absolute Gasteiger partial charge is 0.319 e. The minimum absolute atomic E-state index is 0.165. The molecular formula is C8H15O4P. The van der Waals surface area contributed by atoms with Gasteiger partial charge in [-0.15, -0.1) is 0 Å². The minimum Gasteiger partial charge on any atom is -0.319 e. The molecule has 0 bridgehead atoms. The zero-order chi connectivity index (χ0) is 10.5. The van der Waals surface area contributed by atoms with Crippen molar-refractivity contribution in [2.75, 3.05) is 0 Å². The van der Waals surface area contributed by atoms with Gasteiger partial charge in [0.05, 0.1) is 0 Å². The molecule has 13 heavy (non-hydrogen) atoms. The molecule has 0 radical (unpaired) electrons. The highest BCUT2D eigenvalue weighted by Crippen LogP contribution is 2.37. The van der Waals surface area contributed by atoms with Crippen molar-refractivity contribution in [1.29, 1.82) is 0 Å². The van der Waals surface area contributed by atoms with Gasteiger partial charge in [-0.25, -0.2) is 0 Å². The lowest BCUT2D eigenvalue weighted by atomic mass is 10.1. The predicted molar refractivity (Wildman–Crippen MR) is 50.3 cm³/mol. The van der Waals surface area contributed by atoms with Crippen molar-refractivity contribution in [3.63, 3.8) is 0 Å². The summed E-state index contributed by atoms with van der Waals surface area (Å²) in [6.45, 7) is 3.88. The van der Waals surface area contributed by atoms with Gasteiger partial charge in [0.15, 0.2) is 0 Å². The molecule has 0 saturated carbocycles. The van der Waals surface area contributed by atoms with E-state index in [1.807, 2.05) is 13.8 Å². The molecule has 0 atom stereocenters. The first-order valence-corrected chi connectivity index (χ1v) is 5.79. The summed E-state index contributed by atoms with van der Waals surface area (Å²) in [6, 6.07) is 0. The fourth-order valence-corrected chi connectivity index (χ4v) is 1.22. The van der Waals surface area contributed by atoms with Gasteiger partial charge < -0.3 is 9.79 Å². The van der Waals surface area contributed by atoms with Crippen LogP contribution in [0.3, 0.4) is 0 Å². The molecule has 4 nitrogen and oxygen atoms in total. The third-order valence-corrected chi connectivity index (χ3v) is 2.63. The summed E-state index contributed by atoms with van der Waals surface area (Å²) in [4.78, 5) is 27.7. The molecular weight excluding hydrogens is 191 g/mol. The second-order valence-corrected chi connectivity index (χ2v) is 4.30. The quantitative estimate of drug-likeness (QED) is 0.531. The Morgan fingerprint density at radius 3 is 2.08 bits per heavy atom. The predicted octanol–water partition coefficient (Wildman–Crippen LogP) is 1.83. The third kappa shape index (κ3) is 4.98. The van der Waals surface area contributed by atoms with Gasteiger partial charge in [0.25, 0.3) is 0 Å². The van der Waals surface area contributed by atoms with Gasteiger partial charge in [-0.2, -0.15) is 0 Å². The number of hydrogen-bond acceptors (Lipinski definition) is 2. The number of allylic oxidation sites excluding steroid dienone is 2. The van der Waals surface area contributed by atoms with E-state index in [1.165, 1.54) is 0 Å². The molecule has 0 rings (SSSR count). The second kappa shape index (κ2) is 5.32. The maximum atomic E-state index is 10.8. The van der Waals surface area contributed by atoms with Crippen LogP contribution in [0.25, 0.3) is 0 Å². The second-order valence-electron chi connectivity index (χ2n) is 2.71. The topological polar surface area (TPSA) is 74.6 Å². The Morgan fingerprint density at radius 1 is 1.31 bits per heavy atom. The van der Waals surface area contributed by atoms with Gasteiger partial charge in [0.2, 0.25) is 5.52 Å². The van der Waals surface area contributed by atoms with Crippen LogP contribution in [0.4, 0.5) is 0 Å². The van der Waals surface area contributed by atoms with Crippen LogP contribution in [-0.2, 0) is 9.36 Å². The third-order valence-electron chi connectivity index (χ3n) is 1.80. The molecule has 0 heterocycles. The fourth-order valence-electron chi connectivity index (χ4n) is 0.889. The van der Waals surface area contributed by atoms with Crippen molar-refractivity contribution in [2.24, 2.45) is 0 Å². The van der Waals surface area contributed by atoms with E-state index in [2.05, 4.69) is 0 Å². The van der Waals surface area contributed by atoms with E-state index in [1.54, 1.807) is 6.08 Å². The lowest BCUT2D eigenvalue weighted by molar-refractivity contribution is -0.112. The molecule has 0 aliphatic rings. The molecule has 0 fully saturated rings. The number of hydrogen-bond donors (Lipinski definition) is 2. The highest BCUT2D eigenvalue weighted by Gasteiger charge is 2.23. The summed E-state index contributed by atoms with van der Waals surface area (Å²) in [5, 5.41) is 0.